The van der Waals surface area contributed by atoms with Gasteiger partial charge in [0.1, 0.15) is 0 Å². The van der Waals surface area contributed by atoms with Crippen molar-refractivity contribution in [2.45, 2.75) is 12.6 Å². The van der Waals surface area contributed by atoms with E-state index < -0.39 is 0 Å². The first-order valence-electron chi connectivity index (χ1n) is 6.48. The number of rotatable bonds is 5. The Hall–Kier alpha value is -1.51. The van der Waals surface area contributed by atoms with Crippen LogP contribution in [-0.2, 0) is 16.0 Å². The Morgan fingerprint density at radius 3 is 2.75 bits per heavy atom. The van der Waals surface area contributed by atoms with Crippen molar-refractivity contribution < 1.29 is 18.7 Å². The van der Waals surface area contributed by atoms with E-state index in [0.717, 1.165) is 0 Å². The monoisotopic (exact) mass is 284 g/mol. The minimum Gasteiger partial charge on any atom is -0.415 e. The van der Waals surface area contributed by atoms with Crippen molar-refractivity contribution in [3.63, 3.8) is 0 Å². The molecule has 1 fully saturated rings. The van der Waals surface area contributed by atoms with Gasteiger partial charge in [-0.1, -0.05) is 0 Å². The minimum atomic E-state index is -0.309. The Morgan fingerprint density at radius 1 is 1.30 bits per heavy atom. The van der Waals surface area contributed by atoms with Gasteiger partial charge in [0, 0.05) is 13.6 Å². The van der Waals surface area contributed by atoms with Crippen LogP contribution in [0.2, 0.25) is 0 Å². The summed E-state index contributed by atoms with van der Waals surface area (Å²) in [5.74, 6) is 0.113. The van der Waals surface area contributed by atoms with E-state index in [1.165, 1.54) is 4.90 Å². The van der Waals surface area contributed by atoms with Crippen LogP contribution in [0, 0.1) is 0 Å². The van der Waals surface area contributed by atoms with E-state index in [-0.39, 0.29) is 17.9 Å². The fraction of sp³-hybridized carbons (Fsp3) is 0.750. The highest BCUT2D eigenvalue weighted by Crippen LogP contribution is 2.08. The Kier molecular flexibility index (Phi) is 5.05. The summed E-state index contributed by atoms with van der Waals surface area (Å²) in [4.78, 5) is 15.5. The number of ether oxygens (including phenoxy) is 2. The van der Waals surface area contributed by atoms with Crippen LogP contribution in [0.3, 0.4) is 0 Å². The number of hydrogen-bond donors (Lipinski definition) is 0. The van der Waals surface area contributed by atoms with E-state index in [4.69, 9.17) is 13.9 Å². The molecule has 8 heteroatoms. The summed E-state index contributed by atoms with van der Waals surface area (Å²) >= 11 is 0. The first-order valence-corrected chi connectivity index (χ1v) is 6.48. The van der Waals surface area contributed by atoms with Gasteiger partial charge in [0.05, 0.1) is 32.5 Å². The molecule has 0 bridgehead atoms. The van der Waals surface area contributed by atoms with Crippen LogP contribution in [-0.4, -0.2) is 79.5 Å². The second kappa shape index (κ2) is 6.78. The van der Waals surface area contributed by atoms with Gasteiger partial charge in [0.25, 0.3) is 0 Å². The standard InChI is InChI=1S/C12H20N4O4/c1-15(2)7-10-13-14-11(20-10)12(17)16(3)6-9-8-18-4-5-19-9/h9H,4-8H2,1-3H3. The van der Waals surface area contributed by atoms with Crippen LogP contribution >= 0.6 is 0 Å². The second-order valence-electron chi connectivity index (χ2n) is 4.99. The fourth-order valence-electron chi connectivity index (χ4n) is 1.87. The zero-order valence-electron chi connectivity index (χ0n) is 12.0. The van der Waals surface area contributed by atoms with Gasteiger partial charge in [0.2, 0.25) is 5.89 Å². The molecule has 2 rings (SSSR count). The number of aromatic nitrogens is 2. The molecule has 20 heavy (non-hydrogen) atoms. The zero-order valence-corrected chi connectivity index (χ0v) is 12.0. The molecule has 0 spiro atoms. The molecule has 1 unspecified atom stereocenters. The first kappa shape index (κ1) is 14.9. The van der Waals surface area contributed by atoms with Crippen molar-refractivity contribution in [1.29, 1.82) is 0 Å². The van der Waals surface area contributed by atoms with Crippen LogP contribution in [0.25, 0.3) is 0 Å². The molecule has 0 aliphatic carbocycles. The second-order valence-corrected chi connectivity index (χ2v) is 4.99. The van der Waals surface area contributed by atoms with Crippen molar-refractivity contribution in [3.8, 4) is 0 Å². The molecular weight excluding hydrogens is 264 g/mol. The molecule has 2 heterocycles. The molecule has 1 amide bonds. The Bertz CT molecular complexity index is 442. The summed E-state index contributed by atoms with van der Waals surface area (Å²) < 4.78 is 16.1. The fourth-order valence-corrected chi connectivity index (χ4v) is 1.87. The van der Waals surface area contributed by atoms with Crippen molar-refractivity contribution in [3.05, 3.63) is 11.8 Å². The average Bonchev–Trinajstić information content (AvgIpc) is 2.86. The highest BCUT2D eigenvalue weighted by atomic mass is 16.6. The molecule has 1 saturated heterocycles. The minimum absolute atomic E-state index is 0.000998. The molecule has 0 N–H and O–H groups in total. The Balaban J connectivity index is 1.90. The summed E-state index contributed by atoms with van der Waals surface area (Å²) in [6.45, 7) is 2.59. The Labute approximate surface area is 117 Å². The molecular formula is C12H20N4O4. The third-order valence-electron chi connectivity index (χ3n) is 2.81. The van der Waals surface area contributed by atoms with Gasteiger partial charge in [0.15, 0.2) is 0 Å². The predicted molar refractivity (Wildman–Crippen MR) is 69.2 cm³/mol. The number of carbonyl (C=O) groups excluding carboxylic acids is 1. The van der Waals surface area contributed by atoms with E-state index in [1.54, 1.807) is 7.05 Å². The quantitative estimate of drug-likeness (QED) is 0.729. The van der Waals surface area contributed by atoms with Crippen molar-refractivity contribution >= 4 is 5.91 Å². The van der Waals surface area contributed by atoms with Gasteiger partial charge < -0.3 is 23.7 Å². The summed E-state index contributed by atoms with van der Waals surface area (Å²) in [7, 11) is 5.45. The lowest BCUT2D eigenvalue weighted by Gasteiger charge is -2.26. The lowest BCUT2D eigenvalue weighted by atomic mass is 10.3. The molecule has 0 saturated carbocycles. The third-order valence-corrected chi connectivity index (χ3v) is 2.81. The first-order chi connectivity index (χ1) is 9.56. The molecule has 1 aromatic heterocycles. The summed E-state index contributed by atoms with van der Waals surface area (Å²) in [5.41, 5.74) is 0. The lowest BCUT2D eigenvalue weighted by Crippen LogP contribution is -2.40. The third kappa shape index (κ3) is 3.99. The molecule has 0 radical (unpaired) electrons. The molecule has 8 nitrogen and oxygen atoms in total. The van der Waals surface area contributed by atoms with Gasteiger partial charge in [-0.05, 0) is 14.1 Å². The van der Waals surface area contributed by atoms with Gasteiger partial charge in [-0.3, -0.25) is 4.79 Å². The van der Waals surface area contributed by atoms with Gasteiger partial charge in [-0.15, -0.1) is 10.2 Å². The largest absolute Gasteiger partial charge is 0.415 e. The van der Waals surface area contributed by atoms with Crippen LogP contribution < -0.4 is 0 Å². The van der Waals surface area contributed by atoms with Crippen LogP contribution in [0.4, 0.5) is 0 Å². The number of carbonyl (C=O) groups is 1. The van der Waals surface area contributed by atoms with E-state index in [0.29, 0.717) is 38.8 Å². The van der Waals surface area contributed by atoms with Crippen molar-refractivity contribution in [2.24, 2.45) is 0 Å². The topological polar surface area (TPSA) is 80.9 Å². The van der Waals surface area contributed by atoms with E-state index in [2.05, 4.69) is 10.2 Å². The van der Waals surface area contributed by atoms with Gasteiger partial charge in [-0.2, -0.15) is 0 Å². The van der Waals surface area contributed by atoms with Crippen molar-refractivity contribution in [2.75, 3.05) is 47.5 Å². The number of hydrogen-bond acceptors (Lipinski definition) is 7. The smallest absolute Gasteiger partial charge is 0.311 e. The Morgan fingerprint density at radius 2 is 2.10 bits per heavy atom. The van der Waals surface area contributed by atoms with Crippen LogP contribution in [0.5, 0.6) is 0 Å². The van der Waals surface area contributed by atoms with Crippen LogP contribution in [0.15, 0.2) is 4.42 Å². The SMILES string of the molecule is CN(C)Cc1nnc(C(=O)N(C)CC2COCCO2)o1. The molecule has 112 valence electrons. The molecule has 1 atom stereocenters. The maximum absolute atomic E-state index is 12.1. The maximum Gasteiger partial charge on any atom is 0.311 e. The molecule has 0 aromatic carbocycles. The number of likely N-dealkylation sites (N-methyl/N-ethyl adjacent to an activating group) is 1. The highest BCUT2D eigenvalue weighted by Gasteiger charge is 2.23. The zero-order chi connectivity index (χ0) is 14.5. The summed E-state index contributed by atoms with van der Waals surface area (Å²) in [5, 5.41) is 7.62. The predicted octanol–water partition coefficient (Wildman–Crippen LogP) is -0.381. The molecule has 1 aliphatic heterocycles. The average molecular weight is 284 g/mol. The normalized spacial score (nSPS) is 19.3. The van der Waals surface area contributed by atoms with E-state index >= 15 is 0 Å². The number of nitrogens with zero attached hydrogens (tertiary/aromatic N) is 4. The van der Waals surface area contributed by atoms with Crippen molar-refractivity contribution in [1.82, 2.24) is 20.0 Å². The van der Waals surface area contributed by atoms with E-state index in [1.807, 2.05) is 19.0 Å². The van der Waals surface area contributed by atoms with Gasteiger partial charge in [-0.25, -0.2) is 0 Å². The number of amides is 1. The summed E-state index contributed by atoms with van der Waals surface area (Å²) in [6, 6.07) is 0. The lowest BCUT2D eigenvalue weighted by molar-refractivity contribution is -0.0935. The molecule has 1 aromatic rings. The molecule has 1 aliphatic rings. The maximum atomic E-state index is 12.1. The highest BCUT2D eigenvalue weighted by molar-refractivity contribution is 5.89. The van der Waals surface area contributed by atoms with Crippen LogP contribution in [0.1, 0.15) is 16.6 Å². The van der Waals surface area contributed by atoms with E-state index in [9.17, 15) is 4.79 Å². The summed E-state index contributed by atoms with van der Waals surface area (Å²) in [6.07, 6.45) is -0.109. The van der Waals surface area contributed by atoms with Gasteiger partial charge >= 0.3 is 11.8 Å².